The van der Waals surface area contributed by atoms with Gasteiger partial charge in [0.1, 0.15) is 29.1 Å². The first-order valence-corrected chi connectivity index (χ1v) is 11.9. The third kappa shape index (κ3) is 3.88. The lowest BCUT2D eigenvalue weighted by atomic mass is 9.90. The van der Waals surface area contributed by atoms with Gasteiger partial charge in [-0.15, -0.1) is 0 Å². The Morgan fingerprint density at radius 1 is 1.00 bits per heavy atom. The van der Waals surface area contributed by atoms with Crippen molar-refractivity contribution in [3.63, 3.8) is 0 Å². The highest BCUT2D eigenvalue weighted by atomic mass is 16.5. The summed E-state index contributed by atoms with van der Waals surface area (Å²) in [5.41, 5.74) is 6.19. The molecule has 0 bridgehead atoms. The zero-order valence-electron chi connectivity index (χ0n) is 20.1. The molecule has 0 amide bonds. The number of nitrogens with zero attached hydrogens (tertiary/aromatic N) is 3. The Bertz CT molecular complexity index is 1440. The van der Waals surface area contributed by atoms with Crippen molar-refractivity contribution in [2.75, 3.05) is 20.8 Å². The van der Waals surface area contributed by atoms with Gasteiger partial charge in [0, 0.05) is 42.2 Å². The van der Waals surface area contributed by atoms with Crippen molar-refractivity contribution >= 4 is 11.5 Å². The third-order valence-corrected chi connectivity index (χ3v) is 6.59. The number of hydrogen-bond donors (Lipinski definition) is 1. The van der Waals surface area contributed by atoms with Gasteiger partial charge >= 0.3 is 0 Å². The second-order valence-corrected chi connectivity index (χ2v) is 8.63. The molecule has 1 N–H and O–H groups in total. The number of ether oxygens (including phenoxy) is 3. The molecule has 36 heavy (non-hydrogen) atoms. The van der Waals surface area contributed by atoms with Crippen LogP contribution in [0.2, 0.25) is 0 Å². The van der Waals surface area contributed by atoms with E-state index in [1.165, 1.54) is 0 Å². The molecule has 180 valence electrons. The van der Waals surface area contributed by atoms with Crippen molar-refractivity contribution < 1.29 is 14.2 Å². The van der Waals surface area contributed by atoms with Crippen molar-refractivity contribution in [2.45, 2.75) is 12.5 Å². The fourth-order valence-electron chi connectivity index (χ4n) is 4.79. The Labute approximate surface area is 209 Å². The summed E-state index contributed by atoms with van der Waals surface area (Å²) in [6.07, 6.45) is 6.24. The van der Waals surface area contributed by atoms with Crippen LogP contribution < -0.4 is 19.5 Å². The van der Waals surface area contributed by atoms with Crippen LogP contribution >= 0.6 is 0 Å². The molecule has 0 saturated carbocycles. The van der Waals surface area contributed by atoms with E-state index in [1.54, 1.807) is 26.7 Å². The summed E-state index contributed by atoms with van der Waals surface area (Å²) in [5, 5.41) is 3.63. The van der Waals surface area contributed by atoms with Crippen LogP contribution in [0.3, 0.4) is 0 Å². The Morgan fingerprint density at radius 2 is 1.83 bits per heavy atom. The minimum Gasteiger partial charge on any atom is -0.496 e. The average Bonchev–Trinajstić information content (AvgIpc) is 3.41. The molecule has 1 atom stereocenters. The summed E-state index contributed by atoms with van der Waals surface area (Å²) >= 11 is 0. The Balaban J connectivity index is 1.51. The maximum Gasteiger partial charge on any atom is 0.136 e. The molecule has 1 aromatic heterocycles. The topological polar surface area (TPSA) is 69.9 Å². The zero-order chi connectivity index (χ0) is 24.5. The molecule has 3 aromatic carbocycles. The van der Waals surface area contributed by atoms with Gasteiger partial charge in [-0.25, -0.2) is 4.98 Å². The lowest BCUT2D eigenvalue weighted by Gasteiger charge is -2.29. The molecule has 1 unspecified atom stereocenters. The highest BCUT2D eigenvalue weighted by Crippen LogP contribution is 2.46. The summed E-state index contributed by atoms with van der Waals surface area (Å²) < 4.78 is 19.5. The van der Waals surface area contributed by atoms with E-state index in [-0.39, 0.29) is 6.04 Å². The molecule has 7 heteroatoms. The number of benzene rings is 3. The lowest BCUT2D eigenvalue weighted by Crippen LogP contribution is -2.30. The Kier molecular flexibility index (Phi) is 5.65. The molecular formula is C29H26N4O3. The van der Waals surface area contributed by atoms with E-state index in [2.05, 4.69) is 46.7 Å². The maximum absolute atomic E-state index is 6.22. The van der Waals surface area contributed by atoms with Gasteiger partial charge in [0.25, 0.3) is 0 Å². The van der Waals surface area contributed by atoms with Crippen molar-refractivity contribution in [1.29, 1.82) is 0 Å². The molecule has 3 heterocycles. The second-order valence-electron chi connectivity index (χ2n) is 8.63. The molecule has 0 aliphatic carbocycles. The van der Waals surface area contributed by atoms with Gasteiger partial charge in [-0.2, -0.15) is 0 Å². The van der Waals surface area contributed by atoms with Crippen LogP contribution in [0.4, 0.5) is 0 Å². The average molecular weight is 479 g/mol. The number of rotatable bonds is 5. The van der Waals surface area contributed by atoms with Gasteiger partial charge in [0.2, 0.25) is 0 Å². The summed E-state index contributed by atoms with van der Waals surface area (Å²) in [4.78, 5) is 9.37. The van der Waals surface area contributed by atoms with Crippen molar-refractivity contribution in [1.82, 2.24) is 14.9 Å². The number of imidazole rings is 1. The van der Waals surface area contributed by atoms with Gasteiger partial charge < -0.3 is 24.1 Å². The van der Waals surface area contributed by atoms with Gasteiger partial charge in [0.05, 0.1) is 38.4 Å². The fraction of sp³-hybridized carbons (Fsp3) is 0.172. The molecule has 4 aromatic rings. The molecule has 6 rings (SSSR count). The van der Waals surface area contributed by atoms with E-state index in [9.17, 15) is 0 Å². The molecule has 2 aliphatic rings. The summed E-state index contributed by atoms with van der Waals surface area (Å²) in [6, 6.07) is 22.3. The smallest absolute Gasteiger partial charge is 0.136 e. The number of hydrogen-bond acceptors (Lipinski definition) is 6. The second kappa shape index (κ2) is 9.26. The van der Waals surface area contributed by atoms with Crippen LogP contribution in [0.5, 0.6) is 17.2 Å². The number of methoxy groups -OCH3 is 2. The first-order chi connectivity index (χ1) is 17.7. The standard InChI is InChI=1S/C29H26N4O3/c1-34-22-16-24(35-2)26-25(17-22)36-15-12-23-27(19-8-10-21(11-9-19)33-14-13-30-18-33)31-29(32-28(23)26)20-6-4-3-5-7-20/h3-11,13-14,16-18,27H,12,15H2,1-2H3,(H,31,32). The van der Waals surface area contributed by atoms with Crippen LogP contribution in [0, 0.1) is 0 Å². The van der Waals surface area contributed by atoms with E-state index < -0.39 is 0 Å². The van der Waals surface area contributed by atoms with Crippen LogP contribution in [-0.2, 0) is 0 Å². The number of aromatic nitrogens is 2. The quantitative estimate of drug-likeness (QED) is 0.428. The first kappa shape index (κ1) is 22.0. The highest BCUT2D eigenvalue weighted by molar-refractivity contribution is 6.06. The minimum atomic E-state index is -0.172. The number of fused-ring (bicyclic) bond motifs is 2. The van der Waals surface area contributed by atoms with E-state index >= 15 is 0 Å². The molecule has 0 saturated heterocycles. The largest absolute Gasteiger partial charge is 0.496 e. The van der Waals surface area contributed by atoms with Gasteiger partial charge in [-0.1, -0.05) is 42.5 Å². The Hall–Kier alpha value is -4.52. The summed E-state index contributed by atoms with van der Waals surface area (Å²) in [6.45, 7) is 0.531. The molecule has 0 spiro atoms. The monoisotopic (exact) mass is 478 g/mol. The van der Waals surface area contributed by atoms with E-state index in [0.717, 1.165) is 51.7 Å². The van der Waals surface area contributed by atoms with Crippen molar-refractivity contribution in [3.8, 4) is 22.9 Å². The van der Waals surface area contributed by atoms with Gasteiger partial charge in [-0.05, 0) is 23.3 Å². The minimum absolute atomic E-state index is 0.172. The van der Waals surface area contributed by atoms with Crippen LogP contribution in [0.25, 0.3) is 11.4 Å². The van der Waals surface area contributed by atoms with Crippen molar-refractivity contribution in [2.24, 2.45) is 4.99 Å². The summed E-state index contributed by atoms with van der Waals surface area (Å²) in [5.74, 6) is 2.92. The van der Waals surface area contributed by atoms with Crippen LogP contribution in [-0.4, -0.2) is 36.2 Å². The fourth-order valence-corrected chi connectivity index (χ4v) is 4.79. The molecular weight excluding hydrogens is 452 g/mol. The molecule has 0 fully saturated rings. The summed E-state index contributed by atoms with van der Waals surface area (Å²) in [7, 11) is 3.31. The predicted molar refractivity (Wildman–Crippen MR) is 139 cm³/mol. The normalized spacial score (nSPS) is 16.6. The van der Waals surface area contributed by atoms with E-state index in [0.29, 0.717) is 18.1 Å². The number of aliphatic imine (C=N–C) groups is 1. The highest BCUT2D eigenvalue weighted by Gasteiger charge is 2.32. The van der Waals surface area contributed by atoms with E-state index in [4.69, 9.17) is 19.2 Å². The zero-order valence-corrected chi connectivity index (χ0v) is 20.1. The molecule has 0 radical (unpaired) electrons. The third-order valence-electron chi connectivity index (χ3n) is 6.59. The SMILES string of the molecule is COc1cc(OC)c2c(c1)OCCC1=C2NC(c2ccccc2)=NC1c1ccc(-n2ccnc2)cc1. The van der Waals surface area contributed by atoms with E-state index in [1.807, 2.05) is 41.1 Å². The maximum atomic E-state index is 6.22. The van der Waals surface area contributed by atoms with Crippen LogP contribution in [0.15, 0.2) is 96.0 Å². The van der Waals surface area contributed by atoms with Gasteiger partial charge in [0.15, 0.2) is 0 Å². The molecule has 7 nitrogen and oxygen atoms in total. The predicted octanol–water partition coefficient (Wildman–Crippen LogP) is 5.17. The van der Waals surface area contributed by atoms with Crippen LogP contribution in [0.1, 0.15) is 29.2 Å². The lowest BCUT2D eigenvalue weighted by molar-refractivity contribution is 0.315. The Morgan fingerprint density at radius 3 is 2.56 bits per heavy atom. The van der Waals surface area contributed by atoms with Crippen molar-refractivity contribution in [3.05, 3.63) is 108 Å². The number of nitrogens with one attached hydrogen (secondary N) is 1. The molecule has 2 aliphatic heterocycles. The first-order valence-electron chi connectivity index (χ1n) is 11.9. The number of amidine groups is 1. The van der Waals surface area contributed by atoms with Gasteiger partial charge in [-0.3, -0.25) is 4.99 Å².